The second-order valence-electron chi connectivity index (χ2n) is 13.2. The smallest absolute Gasteiger partial charge is 0.303 e. The summed E-state index contributed by atoms with van der Waals surface area (Å²) >= 11 is 56.8. The molecule has 376 valence electrons. The highest BCUT2D eigenvalue weighted by Gasteiger charge is 2.21. The van der Waals surface area contributed by atoms with Crippen molar-refractivity contribution in [3.05, 3.63) is 168 Å². The molecule has 0 aliphatic rings. The zero-order chi connectivity index (χ0) is 51.1. The Kier molecular flexibility index (Phi) is 31.6. The number of esters is 2. The fourth-order valence-electron chi connectivity index (χ4n) is 5.15. The van der Waals surface area contributed by atoms with Gasteiger partial charge in [0.25, 0.3) is 0 Å². The van der Waals surface area contributed by atoms with E-state index in [1.165, 1.54) is 65.0 Å². The second kappa shape index (κ2) is 31.8. The van der Waals surface area contributed by atoms with Crippen molar-refractivity contribution in [3.8, 4) is 0 Å². The minimum Gasteiger partial charge on any atom is -2.00 e. The average Bonchev–Trinajstić information content (AvgIpc) is 3.20. The van der Waals surface area contributed by atoms with E-state index in [0.717, 1.165) is 30.3 Å². The lowest BCUT2D eigenvalue weighted by atomic mass is 10.1. The maximum Gasteiger partial charge on any atom is 0.303 e. The molecule has 0 aliphatic carbocycles. The molecule has 0 radical (unpaired) electrons. The van der Waals surface area contributed by atoms with Crippen LogP contribution in [0.1, 0.15) is 113 Å². The van der Waals surface area contributed by atoms with Gasteiger partial charge in [0.1, 0.15) is 41.3 Å². The highest BCUT2D eigenvalue weighted by Crippen LogP contribution is 2.36. The van der Waals surface area contributed by atoms with Crippen LogP contribution in [0, 0.1) is 29.1 Å². The van der Waals surface area contributed by atoms with Crippen molar-refractivity contribution in [2.24, 2.45) is 0 Å². The highest BCUT2D eigenvalue weighted by molar-refractivity contribution is 7.37. The molecule has 0 spiro atoms. The molecule has 68 heavy (non-hydrogen) atoms. The van der Waals surface area contributed by atoms with Gasteiger partial charge in [-0.1, -0.05) is 123 Å². The number of hydrogen-bond acceptors (Lipinski definition) is 7. The maximum atomic E-state index is 13.1. The molecule has 5 rings (SSSR count). The van der Waals surface area contributed by atoms with Crippen molar-refractivity contribution in [3.63, 3.8) is 0 Å². The van der Waals surface area contributed by atoms with Gasteiger partial charge in [-0.15, -0.1) is 0 Å². The van der Waals surface area contributed by atoms with E-state index >= 15 is 0 Å². The van der Waals surface area contributed by atoms with Gasteiger partial charge in [0.15, 0.2) is 5.78 Å². The third-order valence-electron chi connectivity index (χ3n) is 8.05. The Bertz CT molecular complexity index is 2380. The molecule has 0 saturated carbocycles. The molecule has 0 saturated heterocycles. The zero-order valence-electron chi connectivity index (χ0n) is 35.6. The summed E-state index contributed by atoms with van der Waals surface area (Å²) in [4.78, 5) is 32.4. The fraction of sp³-hybridized carbons (Fsp3) is 0.267. The Morgan fingerprint density at radius 1 is 0.426 bits per heavy atom. The molecule has 0 heterocycles. The van der Waals surface area contributed by atoms with Crippen molar-refractivity contribution in [1.82, 2.24) is 0 Å². The van der Waals surface area contributed by atoms with Crippen molar-refractivity contribution in [2.75, 3.05) is 0 Å². The predicted molar refractivity (Wildman–Crippen MR) is 268 cm³/mol. The average molecular weight is 1180 g/mol. The minimum absolute atomic E-state index is 0. The lowest BCUT2D eigenvalue weighted by Crippen LogP contribution is -2.06. The van der Waals surface area contributed by atoms with E-state index in [-0.39, 0.29) is 105 Å². The number of benzene rings is 5. The number of Topliss-reactive ketones (excluding diaryl/α,β-unsaturated/α-hetero) is 1. The molecule has 7 nitrogen and oxygen atoms in total. The van der Waals surface area contributed by atoms with Gasteiger partial charge in [0, 0.05) is 56.2 Å². The third-order valence-corrected chi connectivity index (χ3v) is 11.6. The zero-order valence-corrected chi connectivity index (χ0v) is 44.0. The predicted octanol–water partition coefficient (Wildman–Crippen LogP) is 17.9. The van der Waals surface area contributed by atoms with Gasteiger partial charge in [-0.2, -0.15) is 0 Å². The number of aliphatic hydroxyl groups is 2. The first-order chi connectivity index (χ1) is 30.5. The molecule has 5 aromatic rings. The van der Waals surface area contributed by atoms with Crippen LogP contribution in [0.5, 0.6) is 0 Å². The van der Waals surface area contributed by atoms with E-state index in [0.29, 0.717) is 0 Å². The van der Waals surface area contributed by atoms with Crippen molar-refractivity contribution >= 4 is 147 Å². The van der Waals surface area contributed by atoms with E-state index in [2.05, 4.69) is 0 Å². The van der Waals surface area contributed by atoms with Crippen LogP contribution in [0.3, 0.4) is 0 Å². The summed E-state index contributed by atoms with van der Waals surface area (Å²) in [7, 11) is 0. The number of aliphatic hydroxyl groups excluding tert-OH is 2. The topological polar surface area (TPSA) is 110 Å². The Labute approximate surface area is 448 Å². The van der Waals surface area contributed by atoms with Crippen LogP contribution >= 0.6 is 116 Å². The molecule has 2 unspecified atom stereocenters. The number of halogens is 15. The number of carbonyl (C=O) groups is 3. The van der Waals surface area contributed by atoms with E-state index in [1.54, 1.807) is 13.8 Å². The number of rotatable bonds is 7. The molecule has 0 fully saturated rings. The van der Waals surface area contributed by atoms with Gasteiger partial charge in [-0.25, -0.2) is 22.0 Å². The molecule has 0 aromatic heterocycles. The minimum atomic E-state index is -0.860. The number of carbonyl (C=O) groups excluding carboxylic acids is 3. The van der Waals surface area contributed by atoms with Crippen LogP contribution in [-0.4, -0.2) is 27.9 Å². The lowest BCUT2D eigenvalue weighted by Gasteiger charge is -2.15. The van der Waals surface area contributed by atoms with Gasteiger partial charge in [-0.3, -0.25) is 14.4 Å². The maximum absolute atomic E-state index is 13.1. The van der Waals surface area contributed by atoms with Crippen molar-refractivity contribution < 1.29 is 56.0 Å². The Morgan fingerprint density at radius 3 is 0.853 bits per heavy atom. The van der Waals surface area contributed by atoms with Crippen molar-refractivity contribution in [2.45, 2.75) is 80.3 Å². The van der Waals surface area contributed by atoms with Crippen LogP contribution in [0.4, 0.5) is 22.0 Å². The molecule has 4 atom stereocenters. The first kappa shape index (κ1) is 67.6. The van der Waals surface area contributed by atoms with Gasteiger partial charge in [-0.05, 0) is 95.3 Å². The summed E-state index contributed by atoms with van der Waals surface area (Å²) in [6, 6.07) is 12.6. The lowest BCUT2D eigenvalue weighted by molar-refractivity contribution is -0.146. The SMILES string of the molecule is C.CC(=O)OC(C)c1c(Cl)ccc(F)c1Cl.CC(=O)O[C@@H](C)c1c(Cl)ccc(F)c1Cl.CC(=O)c1c(Cl)ccc(F)c1Cl.CC(O)c1c(Cl)ccc(F)c1Cl.C[C@@H](O)c1c(Cl)ccc(F)c1Cl.[S-2]. The Balaban J connectivity index is 0. The van der Waals surface area contributed by atoms with Crippen LogP contribution in [0.2, 0.25) is 50.2 Å². The van der Waals surface area contributed by atoms with Crippen LogP contribution in [0.15, 0.2) is 60.7 Å². The summed E-state index contributed by atoms with van der Waals surface area (Å²) < 4.78 is 74.4. The van der Waals surface area contributed by atoms with Gasteiger partial charge < -0.3 is 33.2 Å². The Morgan fingerprint density at radius 2 is 0.647 bits per heavy atom. The van der Waals surface area contributed by atoms with Crippen LogP contribution < -0.4 is 0 Å². The Hall–Kier alpha value is -2.47. The van der Waals surface area contributed by atoms with E-state index < -0.39 is 65.4 Å². The van der Waals surface area contributed by atoms with Gasteiger partial charge in [0.05, 0.1) is 47.9 Å². The monoisotopic (exact) mass is 1170 g/mol. The summed E-state index contributed by atoms with van der Waals surface area (Å²) in [5.74, 6) is -4.24. The van der Waals surface area contributed by atoms with Crippen LogP contribution in [0.25, 0.3) is 0 Å². The summed E-state index contributed by atoms with van der Waals surface area (Å²) in [5.41, 5.74) is 1.08. The van der Waals surface area contributed by atoms with E-state index in [4.69, 9.17) is 125 Å². The normalized spacial score (nSPS) is 11.8. The van der Waals surface area contributed by atoms with E-state index in [1.807, 2.05) is 0 Å². The third kappa shape index (κ3) is 20.3. The number of ether oxygens (including phenoxy) is 2. The number of ketones is 1. The molecule has 0 aliphatic heterocycles. The molecule has 0 amide bonds. The van der Waals surface area contributed by atoms with Gasteiger partial charge >= 0.3 is 11.9 Å². The van der Waals surface area contributed by atoms with Crippen molar-refractivity contribution in [1.29, 1.82) is 0 Å². The number of hydrogen-bond donors (Lipinski definition) is 2. The molecule has 23 heteroatoms. The molecule has 2 N–H and O–H groups in total. The quantitative estimate of drug-likeness (QED) is 0.0723. The molecular formula is C45H41Cl10F5O7S-2. The largest absolute Gasteiger partial charge is 2.00 e. The van der Waals surface area contributed by atoms with Gasteiger partial charge in [0.2, 0.25) is 0 Å². The molecule has 5 aromatic carbocycles. The summed E-state index contributed by atoms with van der Waals surface area (Å²) in [6.45, 7) is 9.92. The first-order valence-corrected chi connectivity index (χ1v) is 22.1. The van der Waals surface area contributed by atoms with E-state index in [9.17, 15) is 46.5 Å². The molecule has 0 bridgehead atoms. The first-order valence-electron chi connectivity index (χ1n) is 18.4. The summed E-state index contributed by atoms with van der Waals surface area (Å²) in [6.07, 6.45) is -3.06. The van der Waals surface area contributed by atoms with Crippen LogP contribution in [-0.2, 0) is 32.6 Å². The molecular weight excluding hydrogens is 1130 g/mol. The highest BCUT2D eigenvalue weighted by atomic mass is 35.5. The fourth-order valence-corrected chi connectivity index (χ4v) is 8.51. The second-order valence-corrected chi connectivity index (χ2v) is 17.1. The summed E-state index contributed by atoms with van der Waals surface area (Å²) in [5, 5.41) is 18.9. The standard InChI is InChI=1S/2C10H9Cl2FO2.2C8H7Cl2FO.C8H5Cl2FO.CH4.S/c2*1-5(15-6(2)14)9-7(11)3-4-8(13)10(9)12;3*1-4(12)7-5(9)2-3-6(11)8(7)10;;/h2*3-5H,1-2H3;2*2-4,12H,1H3;2-3H,1H3;1H4;/q;;;;;;-2/t5-;;4-;;;;/m0.1..../s1.